The molecule has 0 saturated heterocycles. The molecular weight excluding hydrogens is 202 g/mol. The summed E-state index contributed by atoms with van der Waals surface area (Å²) in [6, 6.07) is 0. The predicted molar refractivity (Wildman–Crippen MR) is 68.7 cm³/mol. The number of ether oxygens (including phenoxy) is 2. The first-order valence-electron chi connectivity index (χ1n) is 6.74. The maximum Gasteiger partial charge on any atom is 0.0719 e. The monoisotopic (exact) mass is 231 g/mol. The summed E-state index contributed by atoms with van der Waals surface area (Å²) in [5, 5.41) is 0. The highest BCUT2D eigenvalue weighted by atomic mass is 16.5. The second-order valence-corrected chi connectivity index (χ2v) is 4.13. The summed E-state index contributed by atoms with van der Waals surface area (Å²) in [5.74, 6) is 0. The lowest BCUT2D eigenvalue weighted by atomic mass is 10.2. The van der Waals surface area contributed by atoms with Gasteiger partial charge in [-0.05, 0) is 19.8 Å². The molecule has 0 fully saturated rings. The van der Waals surface area contributed by atoms with Gasteiger partial charge in [-0.3, -0.25) is 0 Å². The van der Waals surface area contributed by atoms with E-state index < -0.39 is 0 Å². The van der Waals surface area contributed by atoms with Crippen molar-refractivity contribution in [1.82, 2.24) is 0 Å². The molecule has 16 heavy (non-hydrogen) atoms. The van der Waals surface area contributed by atoms with Crippen LogP contribution in [0.2, 0.25) is 0 Å². The molecule has 3 nitrogen and oxygen atoms in total. The Bertz CT molecular complexity index is 131. The molecule has 0 rings (SSSR count). The van der Waals surface area contributed by atoms with E-state index in [1.165, 1.54) is 32.1 Å². The molecule has 0 aliphatic heterocycles. The third kappa shape index (κ3) is 10.4. The van der Waals surface area contributed by atoms with Crippen LogP contribution in [0.25, 0.3) is 0 Å². The normalized spacial score (nSPS) is 12.9. The van der Waals surface area contributed by atoms with Gasteiger partial charge in [0.25, 0.3) is 0 Å². The number of hydrogen-bond donors (Lipinski definition) is 1. The first-order chi connectivity index (χ1) is 7.85. The highest BCUT2D eigenvalue weighted by molar-refractivity contribution is 4.57. The average molecular weight is 231 g/mol. The maximum atomic E-state index is 5.57. The summed E-state index contributed by atoms with van der Waals surface area (Å²) in [6.45, 7) is 7.21. The Morgan fingerprint density at radius 1 is 1.00 bits per heavy atom. The number of rotatable bonds is 12. The molecular formula is C13H29NO2. The molecule has 1 unspecified atom stereocenters. The van der Waals surface area contributed by atoms with Crippen LogP contribution in [0.4, 0.5) is 0 Å². The minimum atomic E-state index is 0.171. The molecule has 0 aromatic heterocycles. The van der Waals surface area contributed by atoms with Crippen LogP contribution in [0.3, 0.4) is 0 Å². The summed E-state index contributed by atoms with van der Waals surface area (Å²) < 4.78 is 11.0. The summed E-state index contributed by atoms with van der Waals surface area (Å²) in [5.41, 5.74) is 5.57. The van der Waals surface area contributed by atoms with E-state index in [-0.39, 0.29) is 6.10 Å². The molecule has 98 valence electrons. The number of unbranched alkanes of at least 4 members (excludes halogenated alkanes) is 4. The summed E-state index contributed by atoms with van der Waals surface area (Å²) in [7, 11) is 0. The summed E-state index contributed by atoms with van der Waals surface area (Å²) >= 11 is 0. The van der Waals surface area contributed by atoms with Gasteiger partial charge in [-0.15, -0.1) is 0 Å². The van der Waals surface area contributed by atoms with Gasteiger partial charge in [0.15, 0.2) is 0 Å². The van der Waals surface area contributed by atoms with Crippen LogP contribution in [0.1, 0.15) is 52.4 Å². The largest absolute Gasteiger partial charge is 0.381 e. The minimum absolute atomic E-state index is 0.171. The molecule has 3 heteroatoms. The van der Waals surface area contributed by atoms with Gasteiger partial charge in [-0.1, -0.05) is 32.6 Å². The fraction of sp³-hybridized carbons (Fsp3) is 1.00. The zero-order chi connectivity index (χ0) is 12.1. The second kappa shape index (κ2) is 12.9. The Labute approximate surface area is 101 Å². The van der Waals surface area contributed by atoms with Crippen molar-refractivity contribution in [3.8, 4) is 0 Å². The van der Waals surface area contributed by atoms with Crippen molar-refractivity contribution in [3.63, 3.8) is 0 Å². The van der Waals surface area contributed by atoms with Gasteiger partial charge in [0, 0.05) is 26.4 Å². The molecule has 0 saturated carbocycles. The number of nitrogens with two attached hydrogens (primary N) is 1. The molecule has 0 aliphatic carbocycles. The lowest BCUT2D eigenvalue weighted by Gasteiger charge is -2.14. The zero-order valence-corrected chi connectivity index (χ0v) is 11.0. The van der Waals surface area contributed by atoms with E-state index in [2.05, 4.69) is 6.92 Å². The van der Waals surface area contributed by atoms with Crippen LogP contribution in [0.5, 0.6) is 0 Å². The zero-order valence-electron chi connectivity index (χ0n) is 11.0. The molecule has 0 radical (unpaired) electrons. The van der Waals surface area contributed by atoms with Gasteiger partial charge in [-0.2, -0.15) is 0 Å². The first kappa shape index (κ1) is 15.9. The standard InChI is InChI=1S/C13H29NO2/c1-3-5-6-7-8-10-15-11-9-13(12-14)16-4-2/h13H,3-12,14H2,1-2H3. The van der Waals surface area contributed by atoms with Crippen LogP contribution in [-0.4, -0.2) is 32.5 Å². The van der Waals surface area contributed by atoms with Crippen molar-refractivity contribution >= 4 is 0 Å². The van der Waals surface area contributed by atoms with E-state index in [1.807, 2.05) is 6.92 Å². The Kier molecular flexibility index (Phi) is 12.9. The van der Waals surface area contributed by atoms with Crippen molar-refractivity contribution in [2.75, 3.05) is 26.4 Å². The van der Waals surface area contributed by atoms with Gasteiger partial charge in [-0.25, -0.2) is 0 Å². The Hall–Kier alpha value is -0.120. The van der Waals surface area contributed by atoms with Crippen LogP contribution in [-0.2, 0) is 9.47 Å². The lowest BCUT2D eigenvalue weighted by molar-refractivity contribution is 0.0320. The second-order valence-electron chi connectivity index (χ2n) is 4.13. The first-order valence-corrected chi connectivity index (χ1v) is 6.74. The van der Waals surface area contributed by atoms with Crippen molar-refractivity contribution in [1.29, 1.82) is 0 Å². The van der Waals surface area contributed by atoms with E-state index in [0.717, 1.165) is 26.2 Å². The molecule has 0 aromatic rings. The van der Waals surface area contributed by atoms with E-state index in [4.69, 9.17) is 15.2 Å². The Morgan fingerprint density at radius 3 is 2.38 bits per heavy atom. The Balaban J connectivity index is 3.12. The fourth-order valence-electron chi connectivity index (χ4n) is 1.63. The van der Waals surface area contributed by atoms with E-state index in [9.17, 15) is 0 Å². The SMILES string of the molecule is CCCCCCCOCCC(CN)OCC. The van der Waals surface area contributed by atoms with Crippen LogP contribution >= 0.6 is 0 Å². The van der Waals surface area contributed by atoms with Crippen molar-refractivity contribution in [2.24, 2.45) is 5.73 Å². The molecule has 0 aliphatic rings. The predicted octanol–water partition coefficient (Wildman–Crippen LogP) is 2.73. The third-order valence-electron chi connectivity index (χ3n) is 2.64. The van der Waals surface area contributed by atoms with Gasteiger partial charge in [0.05, 0.1) is 6.10 Å². The van der Waals surface area contributed by atoms with E-state index in [0.29, 0.717) is 6.54 Å². The molecule has 2 N–H and O–H groups in total. The van der Waals surface area contributed by atoms with Crippen molar-refractivity contribution in [3.05, 3.63) is 0 Å². The molecule has 0 heterocycles. The quantitative estimate of drug-likeness (QED) is 0.525. The van der Waals surface area contributed by atoms with Crippen LogP contribution in [0.15, 0.2) is 0 Å². The average Bonchev–Trinajstić information content (AvgIpc) is 2.31. The van der Waals surface area contributed by atoms with Gasteiger partial charge in [0.2, 0.25) is 0 Å². The Morgan fingerprint density at radius 2 is 1.75 bits per heavy atom. The molecule has 0 bridgehead atoms. The molecule has 0 aromatic carbocycles. The smallest absolute Gasteiger partial charge is 0.0719 e. The molecule has 1 atom stereocenters. The maximum absolute atomic E-state index is 5.57. The highest BCUT2D eigenvalue weighted by Crippen LogP contribution is 2.03. The van der Waals surface area contributed by atoms with E-state index in [1.54, 1.807) is 0 Å². The lowest BCUT2D eigenvalue weighted by Crippen LogP contribution is -2.25. The summed E-state index contributed by atoms with van der Waals surface area (Å²) in [6.07, 6.45) is 7.54. The third-order valence-corrected chi connectivity index (χ3v) is 2.64. The van der Waals surface area contributed by atoms with Crippen LogP contribution in [0, 0.1) is 0 Å². The van der Waals surface area contributed by atoms with Crippen molar-refractivity contribution in [2.45, 2.75) is 58.5 Å². The topological polar surface area (TPSA) is 44.5 Å². The number of hydrogen-bond acceptors (Lipinski definition) is 3. The molecule has 0 amide bonds. The van der Waals surface area contributed by atoms with E-state index >= 15 is 0 Å². The van der Waals surface area contributed by atoms with Crippen molar-refractivity contribution < 1.29 is 9.47 Å². The highest BCUT2D eigenvalue weighted by Gasteiger charge is 2.04. The fourth-order valence-corrected chi connectivity index (χ4v) is 1.63. The van der Waals surface area contributed by atoms with Gasteiger partial charge < -0.3 is 15.2 Å². The summed E-state index contributed by atoms with van der Waals surface area (Å²) in [4.78, 5) is 0. The van der Waals surface area contributed by atoms with Gasteiger partial charge in [0.1, 0.15) is 0 Å². The molecule has 0 spiro atoms. The van der Waals surface area contributed by atoms with Crippen LogP contribution < -0.4 is 5.73 Å². The minimum Gasteiger partial charge on any atom is -0.381 e. The van der Waals surface area contributed by atoms with Gasteiger partial charge >= 0.3 is 0 Å².